The van der Waals surface area contributed by atoms with Crippen LogP contribution in [0, 0.1) is 17.8 Å². The summed E-state index contributed by atoms with van der Waals surface area (Å²) in [6, 6.07) is 0. The normalized spacial score (nSPS) is 32.2. The fraction of sp³-hybridized carbons (Fsp3) is 1.00. The van der Waals surface area contributed by atoms with Crippen molar-refractivity contribution >= 4 is 0 Å². The number of ether oxygens (including phenoxy) is 1. The molecule has 1 nitrogen and oxygen atoms in total. The molecule has 0 spiro atoms. The minimum atomic E-state index is 0.881. The number of hydrogen-bond acceptors (Lipinski definition) is 1. The van der Waals surface area contributed by atoms with E-state index in [1.54, 1.807) is 19.3 Å². The van der Waals surface area contributed by atoms with Gasteiger partial charge in [0.15, 0.2) is 0 Å². The van der Waals surface area contributed by atoms with Gasteiger partial charge in [-0.05, 0) is 37.5 Å². The molecule has 2 rings (SSSR count). The average molecular weight is 252 g/mol. The molecule has 2 fully saturated rings. The number of rotatable bonds is 7. The van der Waals surface area contributed by atoms with E-state index >= 15 is 0 Å². The third-order valence-corrected chi connectivity index (χ3v) is 5.29. The summed E-state index contributed by atoms with van der Waals surface area (Å²) in [4.78, 5) is 0. The van der Waals surface area contributed by atoms with E-state index in [9.17, 15) is 0 Å². The lowest BCUT2D eigenvalue weighted by atomic mass is 9.64. The maximum absolute atomic E-state index is 5.41. The Morgan fingerprint density at radius 3 is 2.61 bits per heavy atom. The number of hydrogen-bond donors (Lipinski definition) is 0. The van der Waals surface area contributed by atoms with Crippen molar-refractivity contribution in [2.24, 2.45) is 17.8 Å². The van der Waals surface area contributed by atoms with Crippen LogP contribution >= 0.6 is 0 Å². The molecule has 0 heterocycles. The van der Waals surface area contributed by atoms with E-state index in [0.29, 0.717) is 0 Å². The van der Waals surface area contributed by atoms with Gasteiger partial charge in [0.05, 0.1) is 0 Å². The predicted octanol–water partition coefficient (Wildman–Crippen LogP) is 5.19. The lowest BCUT2D eigenvalue weighted by molar-refractivity contribution is 0.0947. The average Bonchev–Trinajstić information content (AvgIpc) is 2.43. The summed E-state index contributed by atoms with van der Waals surface area (Å²) in [5.41, 5.74) is 0. The first-order valence-electron chi connectivity index (χ1n) is 8.49. The zero-order valence-electron chi connectivity index (χ0n) is 12.3. The molecule has 0 aromatic rings. The van der Waals surface area contributed by atoms with Crippen molar-refractivity contribution in [1.82, 2.24) is 0 Å². The fourth-order valence-electron chi connectivity index (χ4n) is 4.36. The zero-order chi connectivity index (χ0) is 12.6. The lowest BCUT2D eigenvalue weighted by Gasteiger charge is -2.41. The van der Waals surface area contributed by atoms with Gasteiger partial charge in [-0.1, -0.05) is 57.8 Å². The molecule has 2 aliphatic carbocycles. The highest BCUT2D eigenvalue weighted by Gasteiger charge is 2.33. The van der Waals surface area contributed by atoms with E-state index in [4.69, 9.17) is 4.74 Å². The Labute approximate surface area is 114 Å². The smallest absolute Gasteiger partial charge is 0.0465 e. The van der Waals surface area contributed by atoms with Crippen LogP contribution in [0.15, 0.2) is 0 Å². The summed E-state index contributed by atoms with van der Waals surface area (Å²) < 4.78 is 5.41. The Balaban J connectivity index is 1.62. The van der Waals surface area contributed by atoms with E-state index in [2.05, 4.69) is 6.92 Å². The predicted molar refractivity (Wildman–Crippen MR) is 77.8 cm³/mol. The minimum absolute atomic E-state index is 0.881. The van der Waals surface area contributed by atoms with Gasteiger partial charge in [0, 0.05) is 13.2 Å². The lowest BCUT2D eigenvalue weighted by Crippen LogP contribution is -2.30. The second-order valence-corrected chi connectivity index (χ2v) is 6.45. The Kier molecular flexibility index (Phi) is 6.54. The topological polar surface area (TPSA) is 9.23 Å². The standard InChI is InChI=1S/C17H32O/c1-2-18-14-7-3-4-9-15-11-8-12-16-10-5-6-13-17(15)16/h15-17H,2-14H2,1H3. The molecular weight excluding hydrogens is 220 g/mol. The molecule has 0 radical (unpaired) electrons. The third kappa shape index (κ3) is 4.26. The van der Waals surface area contributed by atoms with Gasteiger partial charge >= 0.3 is 0 Å². The van der Waals surface area contributed by atoms with Gasteiger partial charge in [-0.25, -0.2) is 0 Å². The van der Waals surface area contributed by atoms with E-state index in [1.165, 1.54) is 51.4 Å². The molecule has 0 aromatic heterocycles. The van der Waals surface area contributed by atoms with Crippen LogP contribution in [-0.4, -0.2) is 13.2 Å². The summed E-state index contributed by atoms with van der Waals surface area (Å²) in [6.45, 7) is 3.95. The van der Waals surface area contributed by atoms with Crippen molar-refractivity contribution in [2.75, 3.05) is 13.2 Å². The summed E-state index contributed by atoms with van der Waals surface area (Å²) >= 11 is 0. The van der Waals surface area contributed by atoms with Crippen molar-refractivity contribution in [3.05, 3.63) is 0 Å². The molecule has 0 saturated heterocycles. The monoisotopic (exact) mass is 252 g/mol. The maximum atomic E-state index is 5.41. The molecule has 1 heteroatoms. The van der Waals surface area contributed by atoms with Crippen LogP contribution < -0.4 is 0 Å². The molecular formula is C17H32O. The third-order valence-electron chi connectivity index (χ3n) is 5.29. The van der Waals surface area contributed by atoms with Crippen LogP contribution in [0.1, 0.15) is 77.6 Å². The van der Waals surface area contributed by atoms with E-state index in [-0.39, 0.29) is 0 Å². The van der Waals surface area contributed by atoms with E-state index in [0.717, 1.165) is 31.0 Å². The SMILES string of the molecule is CCOCCCCCC1CCCC2CCCCC12. The van der Waals surface area contributed by atoms with Crippen LogP contribution in [0.2, 0.25) is 0 Å². The highest BCUT2D eigenvalue weighted by molar-refractivity contribution is 4.85. The summed E-state index contributed by atoms with van der Waals surface area (Å²) in [5.74, 6) is 3.30. The van der Waals surface area contributed by atoms with Gasteiger partial charge in [0.2, 0.25) is 0 Å². The van der Waals surface area contributed by atoms with Gasteiger partial charge in [0.25, 0.3) is 0 Å². The van der Waals surface area contributed by atoms with Crippen LogP contribution in [0.4, 0.5) is 0 Å². The second-order valence-electron chi connectivity index (χ2n) is 6.45. The van der Waals surface area contributed by atoms with Gasteiger partial charge in [0.1, 0.15) is 0 Å². The maximum Gasteiger partial charge on any atom is 0.0465 e. The Bertz CT molecular complexity index is 212. The number of unbranched alkanes of at least 4 members (excludes halogenated alkanes) is 2. The van der Waals surface area contributed by atoms with E-state index in [1.807, 2.05) is 0 Å². The van der Waals surface area contributed by atoms with Gasteiger partial charge in [-0.15, -0.1) is 0 Å². The largest absolute Gasteiger partial charge is 0.382 e. The Morgan fingerprint density at radius 2 is 1.72 bits per heavy atom. The first-order chi connectivity index (χ1) is 8.92. The summed E-state index contributed by atoms with van der Waals surface area (Å²) in [7, 11) is 0. The summed E-state index contributed by atoms with van der Waals surface area (Å²) in [5, 5.41) is 0. The first-order valence-corrected chi connectivity index (χ1v) is 8.49. The number of fused-ring (bicyclic) bond motifs is 1. The molecule has 0 amide bonds. The molecule has 2 aliphatic rings. The van der Waals surface area contributed by atoms with Crippen molar-refractivity contribution in [1.29, 1.82) is 0 Å². The molecule has 106 valence electrons. The summed E-state index contributed by atoms with van der Waals surface area (Å²) in [6.07, 6.45) is 16.3. The minimum Gasteiger partial charge on any atom is -0.382 e. The van der Waals surface area contributed by atoms with Gasteiger partial charge in [-0.2, -0.15) is 0 Å². The van der Waals surface area contributed by atoms with Gasteiger partial charge in [-0.3, -0.25) is 0 Å². The Hall–Kier alpha value is -0.0400. The second kappa shape index (κ2) is 8.19. The van der Waals surface area contributed by atoms with Crippen LogP contribution in [0.3, 0.4) is 0 Å². The molecule has 0 N–H and O–H groups in total. The molecule has 3 atom stereocenters. The molecule has 0 aromatic carbocycles. The Morgan fingerprint density at radius 1 is 0.889 bits per heavy atom. The quantitative estimate of drug-likeness (QED) is 0.567. The molecule has 0 bridgehead atoms. The van der Waals surface area contributed by atoms with Crippen LogP contribution in [0.5, 0.6) is 0 Å². The molecule has 3 unspecified atom stereocenters. The molecule has 2 saturated carbocycles. The van der Waals surface area contributed by atoms with Crippen molar-refractivity contribution in [3.63, 3.8) is 0 Å². The molecule has 0 aliphatic heterocycles. The fourth-order valence-corrected chi connectivity index (χ4v) is 4.36. The van der Waals surface area contributed by atoms with Crippen molar-refractivity contribution in [3.8, 4) is 0 Å². The highest BCUT2D eigenvalue weighted by atomic mass is 16.5. The van der Waals surface area contributed by atoms with Gasteiger partial charge < -0.3 is 4.74 Å². The van der Waals surface area contributed by atoms with E-state index < -0.39 is 0 Å². The zero-order valence-corrected chi connectivity index (χ0v) is 12.3. The first kappa shape index (κ1) is 14.4. The highest BCUT2D eigenvalue weighted by Crippen LogP contribution is 2.45. The van der Waals surface area contributed by atoms with Crippen molar-refractivity contribution in [2.45, 2.75) is 77.6 Å². The van der Waals surface area contributed by atoms with Crippen LogP contribution in [0.25, 0.3) is 0 Å². The van der Waals surface area contributed by atoms with Crippen molar-refractivity contribution < 1.29 is 4.74 Å². The van der Waals surface area contributed by atoms with Crippen LogP contribution in [-0.2, 0) is 4.74 Å². The molecule has 18 heavy (non-hydrogen) atoms.